The summed E-state index contributed by atoms with van der Waals surface area (Å²) >= 11 is 3.73. The van der Waals surface area contributed by atoms with E-state index in [1.165, 1.54) is 35.1 Å². The van der Waals surface area contributed by atoms with Crippen molar-refractivity contribution in [3.05, 3.63) is 28.2 Å². The summed E-state index contributed by atoms with van der Waals surface area (Å²) in [5.74, 6) is 0. The molecule has 0 bridgehead atoms. The van der Waals surface area contributed by atoms with E-state index in [4.69, 9.17) is 4.74 Å². The smallest absolute Gasteiger partial charge is 0.0642 e. The third kappa shape index (κ3) is 3.30. The van der Waals surface area contributed by atoms with Gasteiger partial charge in [0.05, 0.1) is 18.9 Å². The van der Waals surface area contributed by atoms with Gasteiger partial charge in [-0.1, -0.05) is 6.07 Å². The molecular formula is C15H21BrN2O. The summed E-state index contributed by atoms with van der Waals surface area (Å²) in [4.78, 5) is 2.39. The van der Waals surface area contributed by atoms with Crippen molar-refractivity contribution in [2.75, 3.05) is 37.7 Å². The summed E-state index contributed by atoms with van der Waals surface area (Å²) in [7, 11) is 0. The van der Waals surface area contributed by atoms with E-state index >= 15 is 0 Å². The lowest BCUT2D eigenvalue weighted by molar-refractivity contribution is 0.122. The molecule has 2 aliphatic heterocycles. The fourth-order valence-electron chi connectivity index (χ4n) is 2.95. The lowest BCUT2D eigenvalue weighted by Gasteiger charge is -2.30. The van der Waals surface area contributed by atoms with Gasteiger partial charge in [0.1, 0.15) is 0 Å². The largest absolute Gasteiger partial charge is 0.378 e. The zero-order valence-corrected chi connectivity index (χ0v) is 12.8. The minimum atomic E-state index is 0.668. The van der Waals surface area contributed by atoms with E-state index in [1.807, 2.05) is 0 Å². The van der Waals surface area contributed by atoms with Gasteiger partial charge in [-0.15, -0.1) is 0 Å². The number of halogens is 1. The van der Waals surface area contributed by atoms with Crippen LogP contribution in [0.3, 0.4) is 0 Å². The molecule has 4 heteroatoms. The van der Waals surface area contributed by atoms with Gasteiger partial charge in [0.15, 0.2) is 0 Å². The highest BCUT2D eigenvalue weighted by Crippen LogP contribution is 2.28. The van der Waals surface area contributed by atoms with Crippen molar-refractivity contribution in [2.45, 2.75) is 25.3 Å². The highest BCUT2D eigenvalue weighted by molar-refractivity contribution is 9.10. The zero-order valence-electron chi connectivity index (χ0n) is 11.2. The van der Waals surface area contributed by atoms with Crippen LogP contribution >= 0.6 is 15.9 Å². The number of anilines is 1. The van der Waals surface area contributed by atoms with Gasteiger partial charge in [-0.25, -0.2) is 0 Å². The average molecular weight is 325 g/mol. The fraction of sp³-hybridized carbons (Fsp3) is 0.600. The molecule has 0 radical (unpaired) electrons. The molecule has 0 aliphatic carbocycles. The van der Waals surface area contributed by atoms with Crippen LogP contribution in [0.4, 0.5) is 5.69 Å². The summed E-state index contributed by atoms with van der Waals surface area (Å²) in [5.41, 5.74) is 2.72. The molecule has 2 aliphatic rings. The Bertz CT molecular complexity index is 426. The first-order chi connectivity index (χ1) is 9.33. The fourth-order valence-corrected chi connectivity index (χ4v) is 3.63. The van der Waals surface area contributed by atoms with E-state index in [1.54, 1.807) is 0 Å². The first-order valence-corrected chi connectivity index (χ1v) is 7.97. The molecule has 0 amide bonds. The molecule has 1 aromatic rings. The van der Waals surface area contributed by atoms with Crippen molar-refractivity contribution in [3.8, 4) is 0 Å². The number of benzene rings is 1. The number of ether oxygens (including phenoxy) is 1. The van der Waals surface area contributed by atoms with Crippen LogP contribution in [-0.4, -0.2) is 38.9 Å². The molecule has 0 aromatic heterocycles. The van der Waals surface area contributed by atoms with Crippen LogP contribution in [0.25, 0.3) is 0 Å². The van der Waals surface area contributed by atoms with Crippen LogP contribution in [0.1, 0.15) is 18.4 Å². The molecule has 2 heterocycles. The van der Waals surface area contributed by atoms with Gasteiger partial charge in [0.2, 0.25) is 0 Å². The molecule has 3 nitrogen and oxygen atoms in total. The van der Waals surface area contributed by atoms with Gasteiger partial charge >= 0.3 is 0 Å². The van der Waals surface area contributed by atoms with Crippen LogP contribution in [0, 0.1) is 0 Å². The van der Waals surface area contributed by atoms with Crippen molar-refractivity contribution >= 4 is 21.6 Å². The predicted octanol–water partition coefficient (Wildman–Crippen LogP) is 2.58. The van der Waals surface area contributed by atoms with Crippen molar-refractivity contribution in [1.29, 1.82) is 0 Å². The first kappa shape index (κ1) is 13.4. The lowest BCUT2D eigenvalue weighted by atomic mass is 10.0. The molecule has 2 saturated heterocycles. The van der Waals surface area contributed by atoms with Crippen LogP contribution in [0.15, 0.2) is 22.7 Å². The third-order valence-electron chi connectivity index (χ3n) is 4.01. The molecule has 0 saturated carbocycles. The second-order valence-corrected chi connectivity index (χ2v) is 6.24. The lowest BCUT2D eigenvalue weighted by Crippen LogP contribution is -2.36. The maximum absolute atomic E-state index is 5.41. The minimum absolute atomic E-state index is 0.668. The summed E-state index contributed by atoms with van der Waals surface area (Å²) in [6, 6.07) is 7.47. The molecule has 1 unspecified atom stereocenters. The maximum Gasteiger partial charge on any atom is 0.0642 e. The van der Waals surface area contributed by atoms with Crippen LogP contribution < -0.4 is 10.2 Å². The van der Waals surface area contributed by atoms with Gasteiger partial charge in [0.25, 0.3) is 0 Å². The van der Waals surface area contributed by atoms with Crippen LogP contribution in [0.2, 0.25) is 0 Å². The molecule has 0 spiro atoms. The molecule has 1 N–H and O–H groups in total. The Morgan fingerprint density at radius 1 is 1.32 bits per heavy atom. The number of rotatable bonds is 3. The molecule has 19 heavy (non-hydrogen) atoms. The zero-order chi connectivity index (χ0) is 13.1. The van der Waals surface area contributed by atoms with Gasteiger partial charge in [-0.2, -0.15) is 0 Å². The first-order valence-electron chi connectivity index (χ1n) is 7.17. The normalized spacial score (nSPS) is 23.8. The van der Waals surface area contributed by atoms with Crippen molar-refractivity contribution in [1.82, 2.24) is 5.32 Å². The van der Waals surface area contributed by atoms with E-state index in [9.17, 15) is 0 Å². The Hall–Kier alpha value is -0.580. The Labute approximate surface area is 123 Å². The second-order valence-electron chi connectivity index (χ2n) is 5.38. The Morgan fingerprint density at radius 2 is 2.16 bits per heavy atom. The van der Waals surface area contributed by atoms with Crippen molar-refractivity contribution in [2.24, 2.45) is 0 Å². The number of hydrogen-bond donors (Lipinski definition) is 1. The van der Waals surface area contributed by atoms with E-state index in [2.05, 4.69) is 44.3 Å². The predicted molar refractivity (Wildman–Crippen MR) is 81.9 cm³/mol. The second kappa shape index (κ2) is 6.25. The monoisotopic (exact) mass is 324 g/mol. The maximum atomic E-state index is 5.41. The number of nitrogens with one attached hydrogen (secondary N) is 1. The molecule has 104 valence electrons. The van der Waals surface area contributed by atoms with Crippen LogP contribution in [-0.2, 0) is 11.2 Å². The van der Waals surface area contributed by atoms with Crippen LogP contribution in [0.5, 0.6) is 0 Å². The summed E-state index contributed by atoms with van der Waals surface area (Å²) in [5, 5.41) is 3.56. The molecule has 1 aromatic carbocycles. The Kier molecular flexibility index (Phi) is 4.41. The van der Waals surface area contributed by atoms with Crippen molar-refractivity contribution in [3.63, 3.8) is 0 Å². The molecular weight excluding hydrogens is 304 g/mol. The number of nitrogens with zero attached hydrogens (tertiary/aromatic N) is 1. The van der Waals surface area contributed by atoms with Gasteiger partial charge in [0, 0.05) is 23.6 Å². The third-order valence-corrected chi connectivity index (χ3v) is 4.64. The summed E-state index contributed by atoms with van der Waals surface area (Å²) in [6.07, 6.45) is 3.77. The van der Waals surface area contributed by atoms with Crippen molar-refractivity contribution < 1.29 is 4.74 Å². The standard InChI is InChI=1S/C15H21BrN2O/c16-14-11-12(10-13-2-1-5-17-13)3-4-15(14)18-6-8-19-9-7-18/h3-4,11,13,17H,1-2,5-10H2. The molecule has 2 fully saturated rings. The highest BCUT2D eigenvalue weighted by Gasteiger charge is 2.17. The minimum Gasteiger partial charge on any atom is -0.378 e. The number of hydrogen-bond acceptors (Lipinski definition) is 3. The van der Waals surface area contributed by atoms with E-state index in [0.717, 1.165) is 32.7 Å². The topological polar surface area (TPSA) is 24.5 Å². The quantitative estimate of drug-likeness (QED) is 0.924. The Morgan fingerprint density at radius 3 is 2.84 bits per heavy atom. The number of morpholine rings is 1. The average Bonchev–Trinajstić information content (AvgIpc) is 2.93. The highest BCUT2D eigenvalue weighted by atomic mass is 79.9. The molecule has 3 rings (SSSR count). The summed E-state index contributed by atoms with van der Waals surface area (Å²) < 4.78 is 6.62. The SMILES string of the molecule is Brc1cc(CC2CCCN2)ccc1N1CCOCC1. The van der Waals surface area contributed by atoms with E-state index in [0.29, 0.717) is 6.04 Å². The van der Waals surface area contributed by atoms with Gasteiger partial charge in [-0.05, 0) is 59.4 Å². The van der Waals surface area contributed by atoms with Gasteiger partial charge < -0.3 is 15.0 Å². The van der Waals surface area contributed by atoms with E-state index < -0.39 is 0 Å². The molecule has 1 atom stereocenters. The Balaban J connectivity index is 1.69. The van der Waals surface area contributed by atoms with Gasteiger partial charge in [-0.3, -0.25) is 0 Å². The van der Waals surface area contributed by atoms with E-state index in [-0.39, 0.29) is 0 Å². The summed E-state index contributed by atoms with van der Waals surface area (Å²) in [6.45, 7) is 4.82.